The Bertz CT molecular complexity index is 770. The van der Waals surface area contributed by atoms with E-state index in [-0.39, 0.29) is 11.1 Å². The largest absolute Gasteiger partial charge is 0.297 e. The fourth-order valence-corrected chi connectivity index (χ4v) is 3.13. The minimum atomic E-state index is -3.97. The van der Waals surface area contributed by atoms with Gasteiger partial charge >= 0.3 is 0 Å². The number of rotatable bonds is 4. The van der Waals surface area contributed by atoms with Crippen LogP contribution in [0.25, 0.3) is 11.4 Å². The second kappa shape index (κ2) is 5.94. The normalized spacial score (nSPS) is 12.1. The maximum Gasteiger partial charge on any atom is 0.296 e. The fraction of sp³-hybridized carbons (Fsp3) is 0.385. The van der Waals surface area contributed by atoms with E-state index in [0.717, 1.165) is 5.56 Å². The minimum Gasteiger partial charge on any atom is -0.297 e. The first-order valence-electron chi connectivity index (χ1n) is 6.35. The molecule has 5 nitrogen and oxygen atoms in total. The predicted molar refractivity (Wildman–Crippen MR) is 83.1 cm³/mol. The van der Waals surface area contributed by atoms with E-state index in [0.29, 0.717) is 23.0 Å². The summed E-state index contributed by atoms with van der Waals surface area (Å²) < 4.78 is 24.8. The SMILES string of the molecule is Cc1cccc(-c2nnc(S(=O)(=O)Cl)n2CC(C)C)c1Cl. The summed E-state index contributed by atoms with van der Waals surface area (Å²) in [4.78, 5) is 0. The van der Waals surface area contributed by atoms with Gasteiger partial charge in [-0.1, -0.05) is 37.6 Å². The smallest absolute Gasteiger partial charge is 0.296 e. The zero-order valence-corrected chi connectivity index (χ0v) is 14.2. The van der Waals surface area contributed by atoms with Gasteiger partial charge < -0.3 is 0 Å². The Morgan fingerprint density at radius 3 is 2.52 bits per heavy atom. The minimum absolute atomic E-state index is 0.195. The van der Waals surface area contributed by atoms with Gasteiger partial charge in [0.15, 0.2) is 5.82 Å². The first-order valence-corrected chi connectivity index (χ1v) is 9.04. The third kappa shape index (κ3) is 3.39. The average Bonchev–Trinajstić information content (AvgIpc) is 2.75. The molecule has 0 saturated heterocycles. The predicted octanol–water partition coefficient (Wildman–Crippen LogP) is 3.49. The average molecular weight is 348 g/mol. The van der Waals surface area contributed by atoms with E-state index in [9.17, 15) is 8.42 Å². The second-order valence-electron chi connectivity index (χ2n) is 5.18. The van der Waals surface area contributed by atoms with Crippen LogP contribution in [0.2, 0.25) is 5.02 Å². The first-order chi connectivity index (χ1) is 9.71. The molecule has 0 amide bonds. The molecule has 0 radical (unpaired) electrons. The highest BCUT2D eigenvalue weighted by Crippen LogP contribution is 2.31. The Hall–Kier alpha value is -1.11. The van der Waals surface area contributed by atoms with Crippen LogP contribution in [0.5, 0.6) is 0 Å². The van der Waals surface area contributed by atoms with Gasteiger partial charge in [0.05, 0.1) is 5.02 Å². The van der Waals surface area contributed by atoms with Crippen LogP contribution in [-0.4, -0.2) is 23.2 Å². The van der Waals surface area contributed by atoms with Crippen molar-refractivity contribution in [3.8, 4) is 11.4 Å². The molecular formula is C13H15Cl2N3O2S. The zero-order chi connectivity index (χ0) is 15.8. The van der Waals surface area contributed by atoms with Crippen LogP contribution in [-0.2, 0) is 15.6 Å². The van der Waals surface area contributed by atoms with Crippen LogP contribution >= 0.6 is 22.3 Å². The summed E-state index contributed by atoms with van der Waals surface area (Å²) >= 11 is 6.30. The van der Waals surface area contributed by atoms with Gasteiger partial charge in [-0.2, -0.15) is 0 Å². The van der Waals surface area contributed by atoms with E-state index in [1.54, 1.807) is 6.07 Å². The zero-order valence-electron chi connectivity index (χ0n) is 11.8. The molecule has 21 heavy (non-hydrogen) atoms. The summed E-state index contributed by atoms with van der Waals surface area (Å²) in [7, 11) is 1.46. The summed E-state index contributed by atoms with van der Waals surface area (Å²) in [6.07, 6.45) is 0. The van der Waals surface area contributed by atoms with Crippen molar-refractivity contribution in [2.75, 3.05) is 0 Å². The Kier molecular flexibility index (Phi) is 4.60. The molecule has 0 fully saturated rings. The summed E-state index contributed by atoms with van der Waals surface area (Å²) in [6.45, 7) is 6.22. The molecule has 1 aromatic carbocycles. The number of halogens is 2. The fourth-order valence-electron chi connectivity index (χ4n) is 2.02. The van der Waals surface area contributed by atoms with Crippen LogP contribution < -0.4 is 0 Å². The second-order valence-corrected chi connectivity index (χ2v) is 8.02. The van der Waals surface area contributed by atoms with Crippen molar-refractivity contribution < 1.29 is 8.42 Å². The number of benzene rings is 1. The summed E-state index contributed by atoms with van der Waals surface area (Å²) in [5.41, 5.74) is 1.51. The third-order valence-corrected chi connectivity index (χ3v) is 4.57. The lowest BCUT2D eigenvalue weighted by atomic mass is 10.1. The first kappa shape index (κ1) is 16.3. The van der Waals surface area contributed by atoms with Crippen LogP contribution in [0.4, 0.5) is 0 Å². The number of nitrogens with zero attached hydrogens (tertiary/aromatic N) is 3. The van der Waals surface area contributed by atoms with Gasteiger partial charge in [0.1, 0.15) is 0 Å². The standard InChI is InChI=1S/C13H15Cl2N3O2S/c1-8(2)7-18-12(16-17-13(18)21(15,19)20)10-6-4-5-9(3)11(10)14/h4-6,8H,7H2,1-3H3. The van der Waals surface area contributed by atoms with Crippen LogP contribution in [0.1, 0.15) is 19.4 Å². The van der Waals surface area contributed by atoms with Gasteiger partial charge in [-0.15, -0.1) is 10.2 Å². The summed E-state index contributed by atoms with van der Waals surface area (Å²) in [5.74, 6) is 0.595. The topological polar surface area (TPSA) is 64.8 Å². The van der Waals surface area contributed by atoms with Gasteiger partial charge in [-0.25, -0.2) is 8.42 Å². The molecule has 8 heteroatoms. The van der Waals surface area contributed by atoms with Gasteiger partial charge in [-0.3, -0.25) is 4.57 Å². The molecule has 114 valence electrons. The van der Waals surface area contributed by atoms with Crippen LogP contribution in [0, 0.1) is 12.8 Å². The lowest BCUT2D eigenvalue weighted by Crippen LogP contribution is -2.12. The van der Waals surface area contributed by atoms with Crippen molar-refractivity contribution in [2.24, 2.45) is 5.92 Å². The lowest BCUT2D eigenvalue weighted by Gasteiger charge is -2.12. The van der Waals surface area contributed by atoms with E-state index < -0.39 is 9.05 Å². The van der Waals surface area contributed by atoms with E-state index >= 15 is 0 Å². The number of hydrogen-bond acceptors (Lipinski definition) is 4. The molecule has 1 aromatic heterocycles. The highest BCUT2D eigenvalue weighted by atomic mass is 35.7. The van der Waals surface area contributed by atoms with Crippen molar-refractivity contribution in [1.29, 1.82) is 0 Å². The molecule has 1 heterocycles. The Morgan fingerprint density at radius 2 is 1.95 bits per heavy atom. The summed E-state index contributed by atoms with van der Waals surface area (Å²) in [6, 6.07) is 5.48. The molecule has 2 aromatic rings. The lowest BCUT2D eigenvalue weighted by molar-refractivity contribution is 0.488. The molecule has 0 aliphatic heterocycles. The van der Waals surface area contributed by atoms with Crippen LogP contribution in [0.3, 0.4) is 0 Å². The molecule has 0 unspecified atom stereocenters. The molecule has 0 aliphatic carbocycles. The Morgan fingerprint density at radius 1 is 1.29 bits per heavy atom. The molecular weight excluding hydrogens is 333 g/mol. The maximum atomic E-state index is 11.6. The maximum absolute atomic E-state index is 11.6. The molecule has 0 atom stereocenters. The van der Waals surface area contributed by atoms with E-state index in [1.165, 1.54) is 4.57 Å². The van der Waals surface area contributed by atoms with E-state index in [4.69, 9.17) is 22.3 Å². The van der Waals surface area contributed by atoms with Crippen molar-refractivity contribution >= 4 is 31.3 Å². The van der Waals surface area contributed by atoms with Crippen molar-refractivity contribution in [2.45, 2.75) is 32.5 Å². The molecule has 0 bridgehead atoms. The van der Waals surface area contributed by atoms with Gasteiger partial charge in [0.2, 0.25) is 0 Å². The van der Waals surface area contributed by atoms with Crippen molar-refractivity contribution in [1.82, 2.24) is 14.8 Å². The molecule has 0 aliphatic rings. The highest BCUT2D eigenvalue weighted by Gasteiger charge is 2.25. The van der Waals surface area contributed by atoms with Gasteiger partial charge in [0, 0.05) is 22.8 Å². The van der Waals surface area contributed by atoms with E-state index in [2.05, 4.69) is 10.2 Å². The third-order valence-electron chi connectivity index (χ3n) is 2.92. The van der Waals surface area contributed by atoms with Crippen molar-refractivity contribution in [3.63, 3.8) is 0 Å². The molecule has 0 spiro atoms. The van der Waals surface area contributed by atoms with Gasteiger partial charge in [-0.05, 0) is 24.5 Å². The Balaban J connectivity index is 2.70. The van der Waals surface area contributed by atoms with E-state index in [1.807, 2.05) is 32.9 Å². The van der Waals surface area contributed by atoms with Gasteiger partial charge in [0.25, 0.3) is 14.2 Å². The molecule has 0 N–H and O–H groups in total. The number of aryl methyl sites for hydroxylation is 1. The number of aromatic nitrogens is 3. The quantitative estimate of drug-likeness (QED) is 0.794. The molecule has 0 saturated carbocycles. The number of hydrogen-bond donors (Lipinski definition) is 0. The monoisotopic (exact) mass is 347 g/mol. The molecule has 2 rings (SSSR count). The Labute approximate surface area is 133 Å². The van der Waals surface area contributed by atoms with Crippen molar-refractivity contribution in [3.05, 3.63) is 28.8 Å². The van der Waals surface area contributed by atoms with Crippen LogP contribution in [0.15, 0.2) is 23.4 Å². The summed E-state index contributed by atoms with van der Waals surface area (Å²) in [5, 5.41) is 7.96. The highest BCUT2D eigenvalue weighted by molar-refractivity contribution is 8.13.